The topological polar surface area (TPSA) is 66.8 Å². The lowest BCUT2D eigenvalue weighted by Gasteiger charge is -2.30. The van der Waals surface area contributed by atoms with E-state index in [2.05, 4.69) is 4.90 Å². The largest absolute Gasteiger partial charge is 0.496 e. The molecule has 1 N–H and O–H groups in total. The Labute approximate surface area is 118 Å². The molecule has 0 spiro atoms. The zero-order valence-electron chi connectivity index (χ0n) is 11.5. The number of piperidine rings is 1. The second kappa shape index (κ2) is 6.52. The molecule has 5 nitrogen and oxygen atoms in total. The Bertz CT molecular complexity index is 493. The van der Waals surface area contributed by atoms with Gasteiger partial charge >= 0.3 is 5.97 Å². The van der Waals surface area contributed by atoms with Crippen LogP contribution in [0.2, 0.25) is 0 Å². The van der Waals surface area contributed by atoms with Crippen molar-refractivity contribution in [3.05, 3.63) is 29.3 Å². The van der Waals surface area contributed by atoms with Gasteiger partial charge in [0.05, 0.1) is 13.0 Å². The highest BCUT2D eigenvalue weighted by Crippen LogP contribution is 2.24. The second-order valence-corrected chi connectivity index (χ2v) is 5.08. The van der Waals surface area contributed by atoms with E-state index in [-0.39, 0.29) is 5.92 Å². The highest BCUT2D eigenvalue weighted by Gasteiger charge is 2.24. The molecular formula is C15H19NO4. The van der Waals surface area contributed by atoms with Gasteiger partial charge in [0.2, 0.25) is 0 Å². The minimum absolute atomic E-state index is 0.227. The number of benzene rings is 1. The van der Waals surface area contributed by atoms with Crippen molar-refractivity contribution in [3.63, 3.8) is 0 Å². The molecule has 1 heterocycles. The Hall–Kier alpha value is -1.88. The number of likely N-dealkylation sites (tertiary alicyclic amines) is 1. The van der Waals surface area contributed by atoms with Crippen molar-refractivity contribution >= 4 is 12.3 Å². The monoisotopic (exact) mass is 277 g/mol. The van der Waals surface area contributed by atoms with Gasteiger partial charge in [0.25, 0.3) is 0 Å². The average Bonchev–Trinajstić information content (AvgIpc) is 2.47. The summed E-state index contributed by atoms with van der Waals surface area (Å²) in [5.74, 6) is -0.171. The summed E-state index contributed by atoms with van der Waals surface area (Å²) in [6.45, 7) is 2.19. The Balaban J connectivity index is 2.03. The van der Waals surface area contributed by atoms with Crippen LogP contribution in [0.4, 0.5) is 0 Å². The van der Waals surface area contributed by atoms with Crippen LogP contribution in [0.15, 0.2) is 18.2 Å². The SMILES string of the molecule is COc1ccc(C=O)cc1CN1CCC(C(=O)O)CC1. The number of ether oxygens (including phenoxy) is 1. The summed E-state index contributed by atoms with van der Waals surface area (Å²) in [7, 11) is 1.61. The molecule has 0 amide bonds. The molecule has 1 saturated heterocycles. The van der Waals surface area contributed by atoms with E-state index < -0.39 is 5.97 Å². The summed E-state index contributed by atoms with van der Waals surface area (Å²) in [4.78, 5) is 24.0. The molecule has 5 heteroatoms. The fourth-order valence-electron chi connectivity index (χ4n) is 2.57. The lowest BCUT2D eigenvalue weighted by molar-refractivity contribution is -0.143. The van der Waals surface area contributed by atoms with Gasteiger partial charge in [-0.05, 0) is 44.1 Å². The van der Waals surface area contributed by atoms with Gasteiger partial charge in [0.15, 0.2) is 0 Å². The number of carboxylic acid groups (broad SMARTS) is 1. The van der Waals surface area contributed by atoms with E-state index in [1.54, 1.807) is 19.2 Å². The van der Waals surface area contributed by atoms with E-state index in [0.29, 0.717) is 24.9 Å². The van der Waals surface area contributed by atoms with Gasteiger partial charge in [-0.15, -0.1) is 0 Å². The number of aldehydes is 1. The van der Waals surface area contributed by atoms with Crippen LogP contribution >= 0.6 is 0 Å². The molecular weight excluding hydrogens is 258 g/mol. The van der Waals surface area contributed by atoms with Crippen molar-refractivity contribution in [2.45, 2.75) is 19.4 Å². The zero-order valence-corrected chi connectivity index (χ0v) is 11.5. The summed E-state index contributed by atoms with van der Waals surface area (Å²) < 4.78 is 5.31. The molecule has 0 atom stereocenters. The van der Waals surface area contributed by atoms with E-state index in [1.807, 2.05) is 6.07 Å². The molecule has 0 saturated carbocycles. The van der Waals surface area contributed by atoms with Gasteiger partial charge in [-0.2, -0.15) is 0 Å². The van der Waals surface area contributed by atoms with Crippen molar-refractivity contribution < 1.29 is 19.4 Å². The maximum atomic E-state index is 10.9. The van der Waals surface area contributed by atoms with Crippen molar-refractivity contribution in [3.8, 4) is 5.75 Å². The molecule has 1 aromatic rings. The fourth-order valence-corrected chi connectivity index (χ4v) is 2.57. The molecule has 1 aliphatic rings. The molecule has 0 unspecified atom stereocenters. The van der Waals surface area contributed by atoms with Crippen molar-refractivity contribution in [1.82, 2.24) is 4.90 Å². The minimum atomic E-state index is -0.704. The third kappa shape index (κ3) is 3.36. The quantitative estimate of drug-likeness (QED) is 0.831. The van der Waals surface area contributed by atoms with Gasteiger partial charge in [-0.25, -0.2) is 0 Å². The number of rotatable bonds is 5. The highest BCUT2D eigenvalue weighted by atomic mass is 16.5. The molecule has 1 aliphatic heterocycles. The fraction of sp³-hybridized carbons (Fsp3) is 0.467. The smallest absolute Gasteiger partial charge is 0.306 e. The van der Waals surface area contributed by atoms with Gasteiger partial charge < -0.3 is 9.84 Å². The van der Waals surface area contributed by atoms with Gasteiger partial charge in [0.1, 0.15) is 12.0 Å². The molecule has 0 radical (unpaired) electrons. The minimum Gasteiger partial charge on any atom is -0.496 e. The Morgan fingerprint density at radius 3 is 2.70 bits per heavy atom. The van der Waals surface area contributed by atoms with Crippen molar-refractivity contribution in [1.29, 1.82) is 0 Å². The number of carbonyl (C=O) groups is 2. The Morgan fingerprint density at radius 1 is 1.45 bits per heavy atom. The molecule has 0 aromatic heterocycles. The lowest BCUT2D eigenvalue weighted by atomic mass is 9.96. The number of carboxylic acids is 1. The summed E-state index contributed by atoms with van der Waals surface area (Å²) >= 11 is 0. The summed E-state index contributed by atoms with van der Waals surface area (Å²) in [6, 6.07) is 5.35. The van der Waals surface area contributed by atoms with E-state index in [9.17, 15) is 9.59 Å². The Kier molecular flexibility index (Phi) is 4.74. The molecule has 2 rings (SSSR count). The number of hydrogen-bond acceptors (Lipinski definition) is 4. The van der Waals surface area contributed by atoms with E-state index in [0.717, 1.165) is 30.7 Å². The molecule has 20 heavy (non-hydrogen) atoms. The predicted molar refractivity (Wildman–Crippen MR) is 74.0 cm³/mol. The number of hydrogen-bond donors (Lipinski definition) is 1. The van der Waals surface area contributed by atoms with Crippen LogP contribution in [-0.4, -0.2) is 42.5 Å². The van der Waals surface area contributed by atoms with Crippen molar-refractivity contribution in [2.75, 3.05) is 20.2 Å². The molecule has 0 aliphatic carbocycles. The zero-order chi connectivity index (χ0) is 14.5. The Morgan fingerprint density at radius 2 is 2.15 bits per heavy atom. The number of aliphatic carboxylic acids is 1. The molecule has 1 aromatic carbocycles. The molecule has 0 bridgehead atoms. The van der Waals surface area contributed by atoms with Crippen LogP contribution in [-0.2, 0) is 11.3 Å². The second-order valence-electron chi connectivity index (χ2n) is 5.08. The van der Waals surface area contributed by atoms with Crippen LogP contribution < -0.4 is 4.74 Å². The first kappa shape index (κ1) is 14.5. The first-order valence-electron chi connectivity index (χ1n) is 6.71. The highest BCUT2D eigenvalue weighted by molar-refractivity contribution is 5.75. The molecule has 108 valence electrons. The maximum absolute atomic E-state index is 10.9. The van der Waals surface area contributed by atoms with Crippen LogP contribution in [0.1, 0.15) is 28.8 Å². The van der Waals surface area contributed by atoms with Crippen molar-refractivity contribution in [2.24, 2.45) is 5.92 Å². The number of methoxy groups -OCH3 is 1. The lowest BCUT2D eigenvalue weighted by Crippen LogP contribution is -2.35. The van der Waals surface area contributed by atoms with Crippen LogP contribution in [0.25, 0.3) is 0 Å². The third-order valence-corrected chi connectivity index (χ3v) is 3.77. The standard InChI is InChI=1S/C15H19NO4/c1-20-14-3-2-11(10-17)8-13(14)9-16-6-4-12(5-7-16)15(18)19/h2-3,8,10,12H,4-7,9H2,1H3,(H,18,19). The van der Waals surface area contributed by atoms with E-state index >= 15 is 0 Å². The summed E-state index contributed by atoms with van der Waals surface area (Å²) in [5, 5.41) is 8.99. The number of nitrogens with zero attached hydrogens (tertiary/aromatic N) is 1. The van der Waals surface area contributed by atoms with Crippen LogP contribution in [0, 0.1) is 5.92 Å². The average molecular weight is 277 g/mol. The first-order chi connectivity index (χ1) is 9.63. The number of carbonyl (C=O) groups excluding carboxylic acids is 1. The van der Waals surface area contributed by atoms with E-state index in [4.69, 9.17) is 9.84 Å². The van der Waals surface area contributed by atoms with Gasteiger partial charge in [-0.1, -0.05) is 0 Å². The van der Waals surface area contributed by atoms with Crippen LogP contribution in [0.3, 0.4) is 0 Å². The summed E-state index contributed by atoms with van der Waals surface area (Å²) in [6.07, 6.45) is 2.16. The normalized spacial score (nSPS) is 16.9. The third-order valence-electron chi connectivity index (χ3n) is 3.77. The summed E-state index contributed by atoms with van der Waals surface area (Å²) in [5.41, 5.74) is 1.59. The predicted octanol–water partition coefficient (Wildman–Crippen LogP) is 1.80. The van der Waals surface area contributed by atoms with Gasteiger partial charge in [0, 0.05) is 17.7 Å². The van der Waals surface area contributed by atoms with Crippen LogP contribution in [0.5, 0.6) is 5.75 Å². The first-order valence-corrected chi connectivity index (χ1v) is 6.71. The van der Waals surface area contributed by atoms with E-state index in [1.165, 1.54) is 0 Å². The maximum Gasteiger partial charge on any atom is 0.306 e. The molecule has 1 fully saturated rings. The van der Waals surface area contributed by atoms with Gasteiger partial charge in [-0.3, -0.25) is 14.5 Å².